The lowest BCUT2D eigenvalue weighted by atomic mass is 9.84. The molecule has 2 aliphatic rings. The van der Waals surface area contributed by atoms with Gasteiger partial charge >= 0.3 is 0 Å². The van der Waals surface area contributed by atoms with Gasteiger partial charge in [0.1, 0.15) is 17.4 Å². The van der Waals surface area contributed by atoms with Crippen molar-refractivity contribution in [2.75, 3.05) is 36.5 Å². The topological polar surface area (TPSA) is 38.7 Å². The number of anilines is 2. The zero-order chi connectivity index (χ0) is 24.5. The normalized spacial score (nSPS) is 20.4. The number of nitrogens with zero attached hydrogens (tertiary/aromatic N) is 2. The van der Waals surface area contributed by atoms with E-state index in [1.807, 2.05) is 37.3 Å². The second kappa shape index (κ2) is 9.82. The van der Waals surface area contributed by atoms with E-state index in [9.17, 15) is 9.50 Å². The van der Waals surface area contributed by atoms with Crippen LogP contribution in [0.3, 0.4) is 0 Å². The second-order valence-corrected chi connectivity index (χ2v) is 9.58. The molecule has 2 N–H and O–H groups in total. The number of phenols is 1. The number of para-hydroxylation sites is 1. The SMILES string of the molecule is CC1Cc2cc(O)ccc2C(c2c(F)cc(NC3CN(CCCF)C3)cc2F)N1c1ccccc1. The quantitative estimate of drug-likeness (QED) is 0.456. The Kier molecular flexibility index (Phi) is 6.60. The number of rotatable bonds is 7. The van der Waals surface area contributed by atoms with E-state index in [1.54, 1.807) is 18.2 Å². The van der Waals surface area contributed by atoms with E-state index in [0.29, 0.717) is 25.1 Å². The van der Waals surface area contributed by atoms with Gasteiger partial charge in [0.2, 0.25) is 0 Å². The van der Waals surface area contributed by atoms with Crippen molar-refractivity contribution < 1.29 is 18.3 Å². The van der Waals surface area contributed by atoms with E-state index in [-0.39, 0.29) is 30.1 Å². The number of likely N-dealkylation sites (tertiary alicyclic amines) is 1. The lowest BCUT2D eigenvalue weighted by Gasteiger charge is -2.44. The number of fused-ring (bicyclic) bond motifs is 1. The van der Waals surface area contributed by atoms with Crippen LogP contribution in [0, 0.1) is 11.6 Å². The fraction of sp³-hybridized carbons (Fsp3) is 0.357. The van der Waals surface area contributed by atoms with Gasteiger partial charge in [0.15, 0.2) is 0 Å². The van der Waals surface area contributed by atoms with E-state index in [0.717, 1.165) is 29.9 Å². The first kappa shape index (κ1) is 23.5. The molecule has 4 nitrogen and oxygen atoms in total. The van der Waals surface area contributed by atoms with Crippen LogP contribution >= 0.6 is 0 Å². The Morgan fingerprint density at radius 1 is 1.00 bits per heavy atom. The molecule has 2 unspecified atom stereocenters. The Morgan fingerprint density at radius 3 is 2.40 bits per heavy atom. The van der Waals surface area contributed by atoms with E-state index in [1.165, 1.54) is 12.1 Å². The molecule has 0 amide bonds. The van der Waals surface area contributed by atoms with Crippen LogP contribution < -0.4 is 10.2 Å². The van der Waals surface area contributed by atoms with Gasteiger partial charge in [0, 0.05) is 37.1 Å². The highest BCUT2D eigenvalue weighted by molar-refractivity contribution is 5.59. The van der Waals surface area contributed by atoms with Gasteiger partial charge in [-0.15, -0.1) is 0 Å². The summed E-state index contributed by atoms with van der Waals surface area (Å²) in [5.74, 6) is -1.08. The number of nitrogens with one attached hydrogen (secondary N) is 1. The molecule has 1 fully saturated rings. The highest BCUT2D eigenvalue weighted by Gasteiger charge is 2.37. The first-order chi connectivity index (χ1) is 16.9. The van der Waals surface area contributed by atoms with Crippen LogP contribution in [0.15, 0.2) is 60.7 Å². The predicted molar refractivity (Wildman–Crippen MR) is 133 cm³/mol. The van der Waals surface area contributed by atoms with Crippen molar-refractivity contribution in [1.82, 2.24) is 4.90 Å². The summed E-state index contributed by atoms with van der Waals surface area (Å²) in [5, 5.41) is 13.3. The molecule has 0 bridgehead atoms. The van der Waals surface area contributed by atoms with Crippen LogP contribution in [0.2, 0.25) is 0 Å². The third-order valence-electron chi connectivity index (χ3n) is 7.03. The molecule has 5 rings (SSSR count). The molecule has 3 aromatic carbocycles. The summed E-state index contributed by atoms with van der Waals surface area (Å²) in [6, 6.07) is 16.8. The Hall–Kier alpha value is -3.19. The summed E-state index contributed by atoms with van der Waals surface area (Å²) in [4.78, 5) is 4.18. The molecule has 7 heteroatoms. The molecule has 0 aromatic heterocycles. The monoisotopic (exact) mass is 481 g/mol. The maximum Gasteiger partial charge on any atom is 0.133 e. The number of phenolic OH excluding ortho intramolecular Hbond substituents is 1. The molecular formula is C28H30F3N3O. The average molecular weight is 482 g/mol. The highest BCUT2D eigenvalue weighted by Crippen LogP contribution is 2.43. The van der Waals surface area contributed by atoms with Crippen molar-refractivity contribution >= 4 is 11.4 Å². The summed E-state index contributed by atoms with van der Waals surface area (Å²) in [5.41, 5.74) is 2.95. The molecule has 1 saturated heterocycles. The fourth-order valence-corrected chi connectivity index (χ4v) is 5.45. The van der Waals surface area contributed by atoms with Gasteiger partial charge in [-0.2, -0.15) is 0 Å². The minimum absolute atomic E-state index is 0.00363. The summed E-state index contributed by atoms with van der Waals surface area (Å²) >= 11 is 0. The molecule has 35 heavy (non-hydrogen) atoms. The maximum absolute atomic E-state index is 15.7. The van der Waals surface area contributed by atoms with Gasteiger partial charge in [-0.25, -0.2) is 8.78 Å². The van der Waals surface area contributed by atoms with Crippen molar-refractivity contribution in [2.24, 2.45) is 0 Å². The predicted octanol–water partition coefficient (Wildman–Crippen LogP) is 5.67. The van der Waals surface area contributed by atoms with Gasteiger partial charge in [-0.05, 0) is 67.3 Å². The highest BCUT2D eigenvalue weighted by atomic mass is 19.1. The summed E-state index contributed by atoms with van der Waals surface area (Å²) in [6.45, 7) is 3.84. The molecule has 2 atom stereocenters. The van der Waals surface area contributed by atoms with E-state index >= 15 is 8.78 Å². The fourth-order valence-electron chi connectivity index (χ4n) is 5.45. The zero-order valence-electron chi connectivity index (χ0n) is 19.7. The average Bonchev–Trinajstić information content (AvgIpc) is 2.80. The van der Waals surface area contributed by atoms with Crippen LogP contribution in [-0.4, -0.2) is 48.4 Å². The number of aromatic hydroxyl groups is 1. The van der Waals surface area contributed by atoms with Gasteiger partial charge in [0.05, 0.1) is 24.3 Å². The first-order valence-corrected chi connectivity index (χ1v) is 12.1. The van der Waals surface area contributed by atoms with Gasteiger partial charge in [-0.3, -0.25) is 9.29 Å². The van der Waals surface area contributed by atoms with Crippen LogP contribution in [0.1, 0.15) is 36.1 Å². The molecule has 0 spiro atoms. The van der Waals surface area contributed by atoms with E-state index in [2.05, 4.69) is 15.1 Å². The number of benzene rings is 3. The molecule has 2 aliphatic heterocycles. The third-order valence-corrected chi connectivity index (χ3v) is 7.03. The zero-order valence-corrected chi connectivity index (χ0v) is 19.7. The molecule has 2 heterocycles. The minimum atomic E-state index is -0.675. The minimum Gasteiger partial charge on any atom is -0.508 e. The smallest absolute Gasteiger partial charge is 0.133 e. The van der Waals surface area contributed by atoms with E-state index in [4.69, 9.17) is 0 Å². The largest absolute Gasteiger partial charge is 0.508 e. The number of hydrogen-bond acceptors (Lipinski definition) is 4. The summed E-state index contributed by atoms with van der Waals surface area (Å²) in [7, 11) is 0. The van der Waals surface area contributed by atoms with Crippen LogP contribution in [0.5, 0.6) is 5.75 Å². The summed E-state index contributed by atoms with van der Waals surface area (Å²) in [6.07, 6.45) is 1.15. The first-order valence-electron chi connectivity index (χ1n) is 12.1. The van der Waals surface area contributed by atoms with Crippen molar-refractivity contribution in [3.63, 3.8) is 0 Å². The Morgan fingerprint density at radius 2 is 1.71 bits per heavy atom. The molecule has 0 radical (unpaired) electrons. The van der Waals surface area contributed by atoms with Crippen LogP contribution in [-0.2, 0) is 6.42 Å². The number of alkyl halides is 1. The number of hydrogen-bond donors (Lipinski definition) is 2. The van der Waals surface area contributed by atoms with Crippen molar-refractivity contribution in [2.45, 2.75) is 37.9 Å². The second-order valence-electron chi connectivity index (χ2n) is 9.58. The lowest BCUT2D eigenvalue weighted by Crippen LogP contribution is -2.54. The van der Waals surface area contributed by atoms with Crippen LogP contribution in [0.4, 0.5) is 24.5 Å². The molecule has 0 saturated carbocycles. The van der Waals surface area contributed by atoms with Gasteiger partial charge < -0.3 is 15.3 Å². The standard InChI is InChI=1S/C28H30F3N3O/c1-18-12-19-13-23(35)8-9-24(19)28(34(18)22-6-3-2-4-7-22)27-25(30)14-20(15-26(27)31)32-21-16-33(17-21)11-5-10-29/h2-4,6-9,13-15,18,21,28,32,35H,5,10-12,16-17H2,1H3. The maximum atomic E-state index is 15.7. The molecule has 0 aliphatic carbocycles. The Balaban J connectivity index is 1.49. The van der Waals surface area contributed by atoms with E-state index < -0.39 is 17.7 Å². The van der Waals surface area contributed by atoms with Crippen molar-refractivity contribution in [3.8, 4) is 5.75 Å². The molecule has 184 valence electrons. The van der Waals surface area contributed by atoms with Crippen molar-refractivity contribution in [3.05, 3.63) is 89.0 Å². The van der Waals surface area contributed by atoms with Crippen LogP contribution in [0.25, 0.3) is 0 Å². The third kappa shape index (κ3) is 4.69. The Bertz CT molecular complexity index is 1160. The summed E-state index contributed by atoms with van der Waals surface area (Å²) < 4.78 is 43.8. The van der Waals surface area contributed by atoms with Gasteiger partial charge in [0.25, 0.3) is 0 Å². The molecular weight excluding hydrogens is 451 g/mol. The number of halogens is 3. The van der Waals surface area contributed by atoms with Crippen molar-refractivity contribution in [1.29, 1.82) is 0 Å². The Labute approximate surface area is 204 Å². The lowest BCUT2D eigenvalue weighted by molar-refractivity contribution is 0.155. The van der Waals surface area contributed by atoms with Gasteiger partial charge in [-0.1, -0.05) is 24.3 Å². The molecule has 3 aromatic rings.